The SMILES string of the molecule is CSCC[C@H](NC(=O)OC(C)(C)C)C(=O)N[C@@]1(C(=O)[O-])CS(=O)(=O)[C@H]2[C@H](C(=O)O)[C@H]21.[Na+]. The van der Waals surface area contributed by atoms with Gasteiger partial charge in [0.15, 0.2) is 9.84 Å². The van der Waals surface area contributed by atoms with Crippen molar-refractivity contribution >= 4 is 45.5 Å². The van der Waals surface area contributed by atoms with E-state index in [-0.39, 0.29) is 36.0 Å². The summed E-state index contributed by atoms with van der Waals surface area (Å²) >= 11 is 1.37. The average molecular weight is 489 g/mol. The number of fused-ring (bicyclic) bond motifs is 1. The molecule has 14 heteroatoms. The van der Waals surface area contributed by atoms with E-state index in [2.05, 4.69) is 10.6 Å². The molecule has 2 amide bonds. The van der Waals surface area contributed by atoms with E-state index in [0.29, 0.717) is 5.75 Å². The molecule has 31 heavy (non-hydrogen) atoms. The molecule has 0 bridgehead atoms. The number of alkyl carbamates (subject to hydrolysis) is 1. The molecule has 5 atom stereocenters. The molecule has 11 nitrogen and oxygen atoms in total. The monoisotopic (exact) mass is 488 g/mol. The summed E-state index contributed by atoms with van der Waals surface area (Å²) in [6.45, 7) is 4.87. The first kappa shape index (κ1) is 28.0. The molecule has 2 aliphatic rings. The van der Waals surface area contributed by atoms with Gasteiger partial charge in [-0.3, -0.25) is 9.59 Å². The van der Waals surface area contributed by atoms with E-state index in [1.165, 1.54) is 11.8 Å². The Balaban J connectivity index is 0.00000480. The number of thioether (sulfide) groups is 1. The van der Waals surface area contributed by atoms with E-state index in [0.717, 1.165) is 0 Å². The molecule has 170 valence electrons. The van der Waals surface area contributed by atoms with Crippen LogP contribution in [-0.2, 0) is 29.0 Å². The third-order valence-corrected chi connectivity index (χ3v) is 7.90. The molecule has 0 aromatic heterocycles. The summed E-state index contributed by atoms with van der Waals surface area (Å²) in [7, 11) is -4.07. The Labute approximate surface area is 206 Å². The number of hydrogen-bond acceptors (Lipinski definition) is 9. The second kappa shape index (κ2) is 9.86. The molecule has 3 N–H and O–H groups in total. The van der Waals surface area contributed by atoms with E-state index in [4.69, 9.17) is 4.74 Å². The molecule has 1 heterocycles. The van der Waals surface area contributed by atoms with Gasteiger partial charge in [0.1, 0.15) is 11.6 Å². The van der Waals surface area contributed by atoms with Crippen LogP contribution in [0.5, 0.6) is 0 Å². The molecule has 1 aliphatic heterocycles. The number of ether oxygens (including phenoxy) is 1. The quantitative estimate of drug-likeness (QED) is 0.281. The minimum atomic E-state index is -4.07. The fourth-order valence-electron chi connectivity index (χ4n) is 3.75. The Morgan fingerprint density at radius 1 is 1.29 bits per heavy atom. The smallest absolute Gasteiger partial charge is 0.548 e. The van der Waals surface area contributed by atoms with E-state index in [1.54, 1.807) is 27.0 Å². The third-order valence-electron chi connectivity index (χ3n) is 4.98. The fraction of sp³-hybridized carbons (Fsp3) is 0.765. The second-order valence-corrected chi connectivity index (χ2v) is 11.5. The number of sulfone groups is 1. The van der Waals surface area contributed by atoms with Crippen LogP contribution in [-0.4, -0.2) is 77.7 Å². The van der Waals surface area contributed by atoms with Crippen molar-refractivity contribution in [2.45, 2.75) is 49.6 Å². The van der Waals surface area contributed by atoms with Gasteiger partial charge < -0.3 is 30.4 Å². The number of amides is 2. The number of nitrogens with one attached hydrogen (secondary N) is 2. The van der Waals surface area contributed by atoms with Crippen molar-refractivity contribution in [3.05, 3.63) is 0 Å². The first-order valence-corrected chi connectivity index (χ1v) is 12.2. The molecule has 0 spiro atoms. The van der Waals surface area contributed by atoms with Crippen LogP contribution in [0.2, 0.25) is 0 Å². The Morgan fingerprint density at radius 3 is 2.29 bits per heavy atom. The van der Waals surface area contributed by atoms with Crippen molar-refractivity contribution in [1.29, 1.82) is 0 Å². The minimum absolute atomic E-state index is 0. The number of aliphatic carboxylic acids is 2. The summed E-state index contributed by atoms with van der Waals surface area (Å²) in [4.78, 5) is 48.2. The second-order valence-electron chi connectivity index (χ2n) is 8.39. The zero-order valence-corrected chi connectivity index (χ0v) is 21.6. The number of carboxylic acid groups (broad SMARTS) is 2. The van der Waals surface area contributed by atoms with E-state index >= 15 is 0 Å². The Hall–Kier alpha value is -1.02. The summed E-state index contributed by atoms with van der Waals surface area (Å²) in [5, 5.41) is 24.3. The third kappa shape index (κ3) is 6.06. The van der Waals surface area contributed by atoms with Gasteiger partial charge in [-0.1, -0.05) is 0 Å². The molecule has 1 aliphatic carbocycles. The molecular formula is C17H25N2NaO9S2. The molecule has 0 aromatic carbocycles. The summed E-state index contributed by atoms with van der Waals surface area (Å²) in [5.41, 5.74) is -3.22. The van der Waals surface area contributed by atoms with E-state index in [1.807, 2.05) is 0 Å². The minimum Gasteiger partial charge on any atom is -0.548 e. The summed E-state index contributed by atoms with van der Waals surface area (Å²) in [6, 6.07) is -1.22. The number of rotatable bonds is 8. The normalized spacial score (nSPS) is 29.0. The predicted octanol–water partition coefficient (Wildman–Crippen LogP) is -4.63. The van der Waals surface area contributed by atoms with Gasteiger partial charge >= 0.3 is 41.6 Å². The Morgan fingerprint density at radius 2 is 1.87 bits per heavy atom. The van der Waals surface area contributed by atoms with Crippen molar-refractivity contribution in [3.63, 3.8) is 0 Å². The van der Waals surface area contributed by atoms with Gasteiger partial charge in [-0.25, -0.2) is 13.2 Å². The first-order chi connectivity index (χ1) is 13.7. The van der Waals surface area contributed by atoms with Gasteiger partial charge in [0, 0.05) is 5.92 Å². The van der Waals surface area contributed by atoms with Crippen LogP contribution < -0.4 is 45.3 Å². The van der Waals surface area contributed by atoms with E-state index in [9.17, 15) is 37.8 Å². The van der Waals surface area contributed by atoms with Crippen LogP contribution in [0.15, 0.2) is 0 Å². The van der Waals surface area contributed by atoms with Crippen molar-refractivity contribution in [1.82, 2.24) is 10.6 Å². The van der Waals surface area contributed by atoms with Crippen LogP contribution in [0, 0.1) is 11.8 Å². The van der Waals surface area contributed by atoms with Crippen molar-refractivity contribution in [2.75, 3.05) is 17.8 Å². The number of carbonyl (C=O) groups is 4. The van der Waals surface area contributed by atoms with Gasteiger partial charge in [-0.15, -0.1) is 0 Å². The van der Waals surface area contributed by atoms with Gasteiger partial charge in [0.25, 0.3) is 0 Å². The van der Waals surface area contributed by atoms with Crippen molar-refractivity contribution in [2.24, 2.45) is 11.8 Å². The van der Waals surface area contributed by atoms with Gasteiger partial charge in [0.2, 0.25) is 5.91 Å². The van der Waals surface area contributed by atoms with Crippen molar-refractivity contribution < 1.29 is 72.1 Å². The number of carbonyl (C=O) groups excluding carboxylic acids is 3. The number of carboxylic acids is 2. The first-order valence-electron chi connectivity index (χ1n) is 9.12. The Bertz CT molecular complexity index is 858. The molecule has 2 rings (SSSR count). The molecule has 1 saturated heterocycles. The van der Waals surface area contributed by atoms with Crippen LogP contribution in [0.1, 0.15) is 27.2 Å². The predicted molar refractivity (Wildman–Crippen MR) is 104 cm³/mol. The fourth-order valence-corrected chi connectivity index (χ4v) is 6.92. The Kier molecular flexibility index (Phi) is 8.91. The average Bonchev–Trinajstić information content (AvgIpc) is 3.28. The van der Waals surface area contributed by atoms with Crippen molar-refractivity contribution in [3.8, 4) is 0 Å². The van der Waals surface area contributed by atoms with Gasteiger partial charge in [0.05, 0.1) is 28.4 Å². The topological polar surface area (TPSA) is 179 Å². The van der Waals surface area contributed by atoms with Crippen LogP contribution in [0.25, 0.3) is 0 Å². The molecule has 0 aromatic rings. The largest absolute Gasteiger partial charge is 1.00 e. The summed E-state index contributed by atoms with van der Waals surface area (Å²) in [5.74, 6) is -7.60. The maximum atomic E-state index is 12.8. The standard InChI is InChI=1S/C17H26N2O9S2.Na/c1-16(2,3)28-15(25)18-8(5-6-29-4)12(20)19-17(14(23)24)7-30(26,27)11-9(10(11)17)13(21)22;/h8-11H,5-7H2,1-4H3,(H,18,25)(H,19,20)(H,21,22)(H,23,24);/q;+1/p-1/t8-,9+,10+,11-,17-;/m0./s1. The zero-order chi connectivity index (χ0) is 23.1. The maximum absolute atomic E-state index is 12.8. The molecule has 2 fully saturated rings. The molecule has 0 radical (unpaired) electrons. The summed E-state index contributed by atoms with van der Waals surface area (Å²) in [6.07, 6.45) is 0.970. The molecule has 1 saturated carbocycles. The van der Waals surface area contributed by atoms with Gasteiger partial charge in [-0.05, 0) is 39.2 Å². The van der Waals surface area contributed by atoms with E-state index < -0.39 is 73.8 Å². The van der Waals surface area contributed by atoms with Crippen LogP contribution in [0.4, 0.5) is 4.79 Å². The summed E-state index contributed by atoms with van der Waals surface area (Å²) < 4.78 is 29.7. The van der Waals surface area contributed by atoms with Gasteiger partial charge in [-0.2, -0.15) is 11.8 Å². The zero-order valence-electron chi connectivity index (χ0n) is 18.0. The van der Waals surface area contributed by atoms with Crippen LogP contribution >= 0.6 is 11.8 Å². The van der Waals surface area contributed by atoms with Crippen LogP contribution in [0.3, 0.4) is 0 Å². The molecular weight excluding hydrogens is 463 g/mol. The number of hydrogen-bond donors (Lipinski definition) is 3. The molecule has 0 unspecified atom stereocenters. The maximum Gasteiger partial charge on any atom is 1.00 e.